The van der Waals surface area contributed by atoms with Gasteiger partial charge in [0, 0.05) is 12.2 Å². The maximum atomic E-state index is 11.6. The van der Waals surface area contributed by atoms with Crippen molar-refractivity contribution >= 4 is 17.6 Å². The van der Waals surface area contributed by atoms with Gasteiger partial charge in [0.2, 0.25) is 5.91 Å². The molecule has 7 heteroatoms. The van der Waals surface area contributed by atoms with Crippen molar-refractivity contribution in [1.82, 2.24) is 15.1 Å². The van der Waals surface area contributed by atoms with Gasteiger partial charge in [0.05, 0.1) is 11.9 Å². The molecule has 3 amide bonds. The van der Waals surface area contributed by atoms with Crippen LogP contribution in [0.1, 0.15) is 20.8 Å². The van der Waals surface area contributed by atoms with E-state index < -0.39 is 5.91 Å². The van der Waals surface area contributed by atoms with Crippen molar-refractivity contribution in [3.05, 3.63) is 12.4 Å². The van der Waals surface area contributed by atoms with Crippen LogP contribution in [0.3, 0.4) is 0 Å². The maximum Gasteiger partial charge on any atom is 0.319 e. The summed E-state index contributed by atoms with van der Waals surface area (Å²) in [6, 6.07) is -0.222. The minimum Gasteiger partial charge on any atom is -0.368 e. The van der Waals surface area contributed by atoms with E-state index in [0.717, 1.165) is 0 Å². The molecule has 7 nitrogen and oxygen atoms in total. The van der Waals surface area contributed by atoms with Crippen LogP contribution in [0.2, 0.25) is 0 Å². The third-order valence-electron chi connectivity index (χ3n) is 2.57. The van der Waals surface area contributed by atoms with Gasteiger partial charge >= 0.3 is 6.03 Å². The fourth-order valence-corrected chi connectivity index (χ4v) is 1.21. The van der Waals surface area contributed by atoms with Crippen molar-refractivity contribution in [2.24, 2.45) is 11.7 Å². The Bertz CT molecular complexity index is 427. The largest absolute Gasteiger partial charge is 0.368 e. The number of primary amides is 1. The fourth-order valence-electron chi connectivity index (χ4n) is 1.21. The highest BCUT2D eigenvalue weighted by molar-refractivity contribution is 5.89. The van der Waals surface area contributed by atoms with E-state index in [1.807, 2.05) is 20.8 Å². The molecule has 1 aromatic rings. The molecule has 4 N–H and O–H groups in total. The Balaban J connectivity index is 2.49. The molecule has 0 saturated carbocycles. The first-order chi connectivity index (χ1) is 8.38. The number of carbonyl (C=O) groups excluding carboxylic acids is 2. The Hall–Kier alpha value is -2.05. The quantitative estimate of drug-likeness (QED) is 0.713. The maximum absolute atomic E-state index is 11.6. The molecule has 1 rings (SSSR count). The Morgan fingerprint density at radius 3 is 2.67 bits per heavy atom. The number of urea groups is 1. The molecule has 1 unspecified atom stereocenters. The number of anilines is 1. The summed E-state index contributed by atoms with van der Waals surface area (Å²) in [6.07, 6.45) is 3.01. The average Bonchev–Trinajstić information content (AvgIpc) is 2.63. The molecule has 100 valence electrons. The van der Waals surface area contributed by atoms with Crippen LogP contribution < -0.4 is 16.4 Å². The van der Waals surface area contributed by atoms with E-state index in [1.54, 1.807) is 6.20 Å². The number of aromatic nitrogens is 2. The molecule has 0 spiro atoms. The van der Waals surface area contributed by atoms with Crippen molar-refractivity contribution in [2.45, 2.75) is 33.4 Å². The average molecular weight is 253 g/mol. The smallest absolute Gasteiger partial charge is 0.319 e. The van der Waals surface area contributed by atoms with Gasteiger partial charge in [-0.1, -0.05) is 13.8 Å². The summed E-state index contributed by atoms with van der Waals surface area (Å²) in [5, 5.41) is 9.33. The first-order valence-electron chi connectivity index (χ1n) is 5.76. The van der Waals surface area contributed by atoms with E-state index in [0.29, 0.717) is 11.6 Å². The molecule has 1 atom stereocenters. The number of amides is 3. The summed E-state index contributed by atoms with van der Waals surface area (Å²) >= 11 is 0. The van der Waals surface area contributed by atoms with Gasteiger partial charge in [0.25, 0.3) is 0 Å². The fraction of sp³-hybridized carbons (Fsp3) is 0.545. The SMILES string of the molecule is CC(C)C(C)NC(=O)Nc1cnn(CC(N)=O)c1. The van der Waals surface area contributed by atoms with Gasteiger partial charge in [-0.3, -0.25) is 9.48 Å². The van der Waals surface area contributed by atoms with Gasteiger partial charge in [-0.15, -0.1) is 0 Å². The summed E-state index contributed by atoms with van der Waals surface area (Å²) in [4.78, 5) is 22.3. The summed E-state index contributed by atoms with van der Waals surface area (Å²) in [5.41, 5.74) is 5.55. The highest BCUT2D eigenvalue weighted by Gasteiger charge is 2.11. The number of rotatable bonds is 5. The van der Waals surface area contributed by atoms with Crippen LogP contribution in [0.5, 0.6) is 0 Å². The third kappa shape index (κ3) is 4.44. The third-order valence-corrected chi connectivity index (χ3v) is 2.57. The normalized spacial score (nSPS) is 12.2. The predicted molar refractivity (Wildman–Crippen MR) is 67.9 cm³/mol. The van der Waals surface area contributed by atoms with E-state index in [9.17, 15) is 9.59 Å². The Kier molecular flexibility index (Phi) is 4.70. The van der Waals surface area contributed by atoms with Gasteiger partial charge < -0.3 is 16.4 Å². The van der Waals surface area contributed by atoms with Crippen molar-refractivity contribution in [1.29, 1.82) is 0 Å². The monoisotopic (exact) mass is 253 g/mol. The van der Waals surface area contributed by atoms with Crippen LogP contribution in [0.25, 0.3) is 0 Å². The minimum atomic E-state index is -0.484. The summed E-state index contributed by atoms with van der Waals surface area (Å²) in [7, 11) is 0. The molecule has 0 saturated heterocycles. The molecular formula is C11H19N5O2. The van der Waals surface area contributed by atoms with Gasteiger partial charge in [0.15, 0.2) is 0 Å². The van der Waals surface area contributed by atoms with Crippen molar-refractivity contribution in [2.75, 3.05) is 5.32 Å². The minimum absolute atomic E-state index is 0.00824. The zero-order chi connectivity index (χ0) is 13.7. The molecule has 18 heavy (non-hydrogen) atoms. The van der Waals surface area contributed by atoms with E-state index in [2.05, 4.69) is 15.7 Å². The lowest BCUT2D eigenvalue weighted by atomic mass is 10.1. The molecule has 0 bridgehead atoms. The first-order valence-corrected chi connectivity index (χ1v) is 5.76. The highest BCUT2D eigenvalue weighted by Crippen LogP contribution is 2.05. The Morgan fingerprint density at radius 2 is 2.11 bits per heavy atom. The van der Waals surface area contributed by atoms with Crippen molar-refractivity contribution in [3.8, 4) is 0 Å². The van der Waals surface area contributed by atoms with E-state index in [-0.39, 0.29) is 18.6 Å². The summed E-state index contributed by atoms with van der Waals surface area (Å²) in [6.45, 7) is 5.97. The standard InChI is InChI=1S/C11H19N5O2/c1-7(2)8(3)14-11(18)15-9-4-13-16(5-9)6-10(12)17/h4-5,7-8H,6H2,1-3H3,(H2,12,17)(H2,14,15,18). The zero-order valence-electron chi connectivity index (χ0n) is 10.8. The van der Waals surface area contributed by atoms with Gasteiger partial charge in [-0.25, -0.2) is 4.79 Å². The van der Waals surface area contributed by atoms with Crippen LogP contribution in [-0.2, 0) is 11.3 Å². The lowest BCUT2D eigenvalue weighted by Crippen LogP contribution is -2.38. The molecule has 1 aromatic heterocycles. The van der Waals surface area contributed by atoms with Gasteiger partial charge in [-0.2, -0.15) is 5.10 Å². The molecular weight excluding hydrogens is 234 g/mol. The number of nitrogens with zero attached hydrogens (tertiary/aromatic N) is 2. The van der Waals surface area contributed by atoms with Crippen LogP contribution in [0.4, 0.5) is 10.5 Å². The summed E-state index contributed by atoms with van der Waals surface area (Å²) in [5.74, 6) is -0.129. The Labute approximate surface area is 106 Å². The topological polar surface area (TPSA) is 102 Å². The lowest BCUT2D eigenvalue weighted by Gasteiger charge is -2.17. The molecule has 0 aliphatic rings. The number of carbonyl (C=O) groups is 2. The number of hydrogen-bond acceptors (Lipinski definition) is 3. The number of nitrogens with two attached hydrogens (primary N) is 1. The van der Waals surface area contributed by atoms with Crippen molar-refractivity contribution in [3.63, 3.8) is 0 Å². The second-order valence-corrected chi connectivity index (χ2v) is 4.52. The van der Waals surface area contributed by atoms with Gasteiger partial charge in [0.1, 0.15) is 6.54 Å². The second kappa shape index (κ2) is 6.04. The first kappa shape index (κ1) is 14.0. The van der Waals surface area contributed by atoms with Crippen LogP contribution >= 0.6 is 0 Å². The Morgan fingerprint density at radius 1 is 1.44 bits per heavy atom. The van der Waals surface area contributed by atoms with Gasteiger partial charge in [-0.05, 0) is 12.8 Å². The number of hydrogen-bond donors (Lipinski definition) is 3. The van der Waals surface area contributed by atoms with Crippen LogP contribution in [-0.4, -0.2) is 27.8 Å². The van der Waals surface area contributed by atoms with E-state index in [4.69, 9.17) is 5.73 Å². The van der Waals surface area contributed by atoms with Crippen molar-refractivity contribution < 1.29 is 9.59 Å². The predicted octanol–water partition coefficient (Wildman–Crippen LogP) is 0.534. The van der Waals surface area contributed by atoms with Crippen LogP contribution in [0.15, 0.2) is 12.4 Å². The highest BCUT2D eigenvalue weighted by atomic mass is 16.2. The molecule has 0 aliphatic heterocycles. The molecule has 0 aliphatic carbocycles. The number of nitrogens with one attached hydrogen (secondary N) is 2. The molecule has 1 heterocycles. The van der Waals surface area contributed by atoms with E-state index in [1.165, 1.54) is 10.9 Å². The molecule has 0 fully saturated rings. The molecule has 0 aromatic carbocycles. The van der Waals surface area contributed by atoms with E-state index >= 15 is 0 Å². The second-order valence-electron chi connectivity index (χ2n) is 4.52. The zero-order valence-corrected chi connectivity index (χ0v) is 10.8. The molecule has 0 radical (unpaired) electrons. The summed E-state index contributed by atoms with van der Waals surface area (Å²) < 4.78 is 1.36. The van der Waals surface area contributed by atoms with Crippen LogP contribution in [0, 0.1) is 5.92 Å². The lowest BCUT2D eigenvalue weighted by molar-refractivity contribution is -0.118.